The van der Waals surface area contributed by atoms with Crippen molar-refractivity contribution >= 4 is 22.6 Å². The predicted molar refractivity (Wildman–Crippen MR) is 107 cm³/mol. The minimum atomic E-state index is -0.0538. The number of aromatic nitrogens is 3. The van der Waals surface area contributed by atoms with Crippen molar-refractivity contribution in [3.63, 3.8) is 0 Å². The van der Waals surface area contributed by atoms with Crippen molar-refractivity contribution in [3.05, 3.63) is 53.3 Å². The average molecular weight is 363 g/mol. The lowest BCUT2D eigenvalue weighted by Crippen LogP contribution is -2.33. The molecule has 0 saturated heterocycles. The lowest BCUT2D eigenvalue weighted by atomic mass is 10.1. The smallest absolute Gasteiger partial charge is 0.252 e. The molecule has 1 fully saturated rings. The number of aryl methyl sites for hydroxylation is 2. The fourth-order valence-electron chi connectivity index (χ4n) is 3.48. The summed E-state index contributed by atoms with van der Waals surface area (Å²) in [7, 11) is 3.91. The van der Waals surface area contributed by atoms with E-state index in [0.29, 0.717) is 18.0 Å². The van der Waals surface area contributed by atoms with Gasteiger partial charge >= 0.3 is 0 Å². The number of rotatable bonds is 6. The van der Waals surface area contributed by atoms with Crippen molar-refractivity contribution in [2.45, 2.75) is 25.7 Å². The molecule has 0 unspecified atom stereocenters. The first-order valence-corrected chi connectivity index (χ1v) is 9.43. The second-order valence-corrected chi connectivity index (χ2v) is 7.29. The Bertz CT molecular complexity index is 975. The number of anilines is 1. The first-order chi connectivity index (χ1) is 13.0. The van der Waals surface area contributed by atoms with E-state index in [1.54, 1.807) is 4.68 Å². The fourth-order valence-corrected chi connectivity index (χ4v) is 3.48. The first-order valence-electron chi connectivity index (χ1n) is 9.43. The summed E-state index contributed by atoms with van der Waals surface area (Å²) < 4.78 is 1.77. The van der Waals surface area contributed by atoms with Gasteiger partial charge < -0.3 is 10.2 Å². The Hall–Kier alpha value is -2.89. The van der Waals surface area contributed by atoms with E-state index in [9.17, 15) is 4.79 Å². The third-order valence-corrected chi connectivity index (χ3v) is 5.16. The minimum absolute atomic E-state index is 0.0538. The number of nitrogens with one attached hydrogen (secondary N) is 1. The van der Waals surface area contributed by atoms with Crippen LogP contribution in [0.1, 0.15) is 40.5 Å². The van der Waals surface area contributed by atoms with Gasteiger partial charge in [-0.3, -0.25) is 9.48 Å². The van der Waals surface area contributed by atoms with E-state index in [1.165, 1.54) is 0 Å². The van der Waals surface area contributed by atoms with Gasteiger partial charge in [0.15, 0.2) is 5.65 Å². The van der Waals surface area contributed by atoms with Crippen LogP contribution in [0.15, 0.2) is 36.4 Å². The van der Waals surface area contributed by atoms with Crippen LogP contribution in [0.2, 0.25) is 0 Å². The Balaban J connectivity index is 1.52. The van der Waals surface area contributed by atoms with Crippen LogP contribution in [0.25, 0.3) is 11.0 Å². The molecule has 1 N–H and O–H groups in total. The molecule has 0 atom stereocenters. The molecule has 140 valence electrons. The number of carbonyl (C=O) groups excluding carboxylic acids is 1. The molecular formula is C21H25N5O. The van der Waals surface area contributed by atoms with Crippen LogP contribution in [-0.2, 0) is 7.05 Å². The number of para-hydroxylation sites is 1. The highest BCUT2D eigenvalue weighted by Crippen LogP contribution is 2.40. The van der Waals surface area contributed by atoms with Crippen molar-refractivity contribution in [2.24, 2.45) is 7.05 Å². The molecule has 0 aliphatic heterocycles. The molecule has 27 heavy (non-hydrogen) atoms. The number of likely N-dealkylation sites (N-methyl/N-ethyl adjacent to an activating group) is 1. The molecule has 0 bridgehead atoms. The van der Waals surface area contributed by atoms with E-state index in [1.807, 2.05) is 45.3 Å². The topological polar surface area (TPSA) is 63.1 Å². The van der Waals surface area contributed by atoms with Crippen molar-refractivity contribution in [1.82, 2.24) is 20.1 Å². The maximum atomic E-state index is 12.9. The summed E-state index contributed by atoms with van der Waals surface area (Å²) in [6.45, 7) is 3.25. The van der Waals surface area contributed by atoms with Crippen molar-refractivity contribution < 1.29 is 4.79 Å². The van der Waals surface area contributed by atoms with Crippen molar-refractivity contribution in [1.29, 1.82) is 0 Å². The fraction of sp³-hybridized carbons (Fsp3) is 0.381. The van der Waals surface area contributed by atoms with Crippen LogP contribution < -0.4 is 10.2 Å². The third-order valence-electron chi connectivity index (χ3n) is 5.16. The van der Waals surface area contributed by atoms with Gasteiger partial charge in [0, 0.05) is 44.5 Å². The van der Waals surface area contributed by atoms with Gasteiger partial charge in [-0.25, -0.2) is 4.98 Å². The van der Waals surface area contributed by atoms with Gasteiger partial charge in [0.1, 0.15) is 0 Å². The van der Waals surface area contributed by atoms with Gasteiger partial charge in [0.2, 0.25) is 0 Å². The Morgan fingerprint density at radius 3 is 2.74 bits per heavy atom. The van der Waals surface area contributed by atoms with Gasteiger partial charge in [-0.2, -0.15) is 5.10 Å². The highest BCUT2D eigenvalue weighted by Gasteiger charge is 2.28. The zero-order valence-corrected chi connectivity index (χ0v) is 16.1. The number of pyridine rings is 1. The summed E-state index contributed by atoms with van der Waals surface area (Å²) in [6, 6.07) is 12.1. The highest BCUT2D eigenvalue weighted by molar-refractivity contribution is 6.06. The summed E-state index contributed by atoms with van der Waals surface area (Å²) >= 11 is 0. The molecule has 6 nitrogen and oxygen atoms in total. The monoisotopic (exact) mass is 363 g/mol. The summed E-state index contributed by atoms with van der Waals surface area (Å²) in [5.74, 6) is 0.433. The molecule has 6 heteroatoms. The molecule has 2 aromatic heterocycles. The Morgan fingerprint density at radius 2 is 2.04 bits per heavy atom. The molecule has 1 aromatic carbocycles. The predicted octanol–water partition coefficient (Wildman–Crippen LogP) is 3.02. The van der Waals surface area contributed by atoms with E-state index in [0.717, 1.165) is 47.5 Å². The van der Waals surface area contributed by atoms with E-state index in [-0.39, 0.29) is 5.91 Å². The first kappa shape index (κ1) is 17.5. The van der Waals surface area contributed by atoms with Crippen molar-refractivity contribution in [3.8, 4) is 0 Å². The zero-order valence-electron chi connectivity index (χ0n) is 16.1. The summed E-state index contributed by atoms with van der Waals surface area (Å²) in [6.07, 6.45) is 2.30. The zero-order chi connectivity index (χ0) is 19.0. The highest BCUT2D eigenvalue weighted by atomic mass is 16.1. The van der Waals surface area contributed by atoms with Gasteiger partial charge in [0.25, 0.3) is 5.91 Å². The maximum absolute atomic E-state index is 12.9. The molecule has 4 rings (SSSR count). The van der Waals surface area contributed by atoms with E-state index < -0.39 is 0 Å². The van der Waals surface area contributed by atoms with Crippen LogP contribution in [0.4, 0.5) is 5.69 Å². The molecule has 3 aromatic rings. The largest absolute Gasteiger partial charge is 0.373 e. The Morgan fingerprint density at radius 1 is 1.30 bits per heavy atom. The minimum Gasteiger partial charge on any atom is -0.373 e. The second kappa shape index (κ2) is 7.02. The maximum Gasteiger partial charge on any atom is 0.252 e. The van der Waals surface area contributed by atoms with Crippen molar-refractivity contribution in [2.75, 3.05) is 25.0 Å². The van der Waals surface area contributed by atoms with Gasteiger partial charge in [-0.05, 0) is 38.0 Å². The number of fused-ring (bicyclic) bond motifs is 1. The van der Waals surface area contributed by atoms with E-state index in [4.69, 9.17) is 4.98 Å². The summed E-state index contributed by atoms with van der Waals surface area (Å²) in [5.41, 5.74) is 4.47. The average Bonchev–Trinajstić information content (AvgIpc) is 3.48. The van der Waals surface area contributed by atoms with E-state index in [2.05, 4.69) is 27.4 Å². The van der Waals surface area contributed by atoms with Gasteiger partial charge in [-0.1, -0.05) is 18.2 Å². The standard InChI is InChI=1S/C21H25N5O/c1-14-19-17(13-18(15-9-10-15)23-20(19)26(3)24-14)21(27)22-11-12-25(2)16-7-5-4-6-8-16/h4-8,13,15H,9-12H2,1-3H3,(H,22,27). The number of hydrogen-bond donors (Lipinski definition) is 1. The molecule has 2 heterocycles. The number of benzene rings is 1. The molecule has 1 aliphatic rings. The van der Waals surface area contributed by atoms with Crippen LogP contribution in [-0.4, -0.2) is 40.8 Å². The van der Waals surface area contributed by atoms with Crippen LogP contribution in [0.3, 0.4) is 0 Å². The molecular weight excluding hydrogens is 338 g/mol. The van der Waals surface area contributed by atoms with Crippen LogP contribution in [0.5, 0.6) is 0 Å². The summed E-state index contributed by atoms with van der Waals surface area (Å²) in [4.78, 5) is 19.8. The number of nitrogens with zero attached hydrogens (tertiary/aromatic N) is 4. The molecule has 1 amide bonds. The quantitative estimate of drug-likeness (QED) is 0.731. The van der Waals surface area contributed by atoms with Crippen LogP contribution in [0, 0.1) is 6.92 Å². The molecule has 1 saturated carbocycles. The molecule has 0 spiro atoms. The Kier molecular flexibility index (Phi) is 4.56. The normalized spacial score (nSPS) is 13.7. The second-order valence-electron chi connectivity index (χ2n) is 7.29. The molecule has 0 radical (unpaired) electrons. The lowest BCUT2D eigenvalue weighted by Gasteiger charge is -2.19. The number of amides is 1. The summed E-state index contributed by atoms with van der Waals surface area (Å²) in [5, 5.41) is 8.39. The Labute approximate surface area is 159 Å². The number of hydrogen-bond acceptors (Lipinski definition) is 4. The van der Waals surface area contributed by atoms with Crippen LogP contribution >= 0.6 is 0 Å². The SMILES string of the molecule is Cc1nn(C)c2nc(C3CC3)cc(C(=O)NCCN(C)c3ccccc3)c12. The number of carbonyl (C=O) groups is 1. The third kappa shape index (κ3) is 3.52. The molecule has 1 aliphatic carbocycles. The van der Waals surface area contributed by atoms with Gasteiger partial charge in [0.05, 0.1) is 16.6 Å². The van der Waals surface area contributed by atoms with E-state index >= 15 is 0 Å². The van der Waals surface area contributed by atoms with Gasteiger partial charge in [-0.15, -0.1) is 0 Å². The lowest BCUT2D eigenvalue weighted by molar-refractivity contribution is 0.0956.